The fraction of sp³-hybridized carbons (Fsp3) is 0.556. The van der Waals surface area contributed by atoms with Gasteiger partial charge >= 0.3 is 0 Å². The molecule has 1 aromatic carbocycles. The molecule has 0 aliphatic carbocycles. The predicted octanol–water partition coefficient (Wildman–Crippen LogP) is 2.56. The molecule has 0 bridgehead atoms. The molecule has 1 aromatic heterocycles. The first kappa shape index (κ1) is 16.1. The quantitative estimate of drug-likeness (QED) is 0.919. The van der Waals surface area contributed by atoms with Crippen molar-refractivity contribution < 1.29 is 9.63 Å². The number of nitrogens with zero attached hydrogens (tertiary/aromatic N) is 3. The number of benzene rings is 1. The van der Waals surface area contributed by atoms with Crippen LogP contribution in [-0.4, -0.2) is 39.3 Å². The lowest BCUT2D eigenvalue weighted by Crippen LogP contribution is -2.36. The number of hydrogen-bond donors (Lipinski definition) is 1. The summed E-state index contributed by atoms with van der Waals surface area (Å²) < 4.78 is 5.40. The Hall–Kier alpha value is -1.72. The van der Waals surface area contributed by atoms with Crippen LogP contribution in [0, 0.1) is 12.8 Å². The number of aliphatic hydroxyl groups excluding tert-OH is 1. The fourth-order valence-electron chi connectivity index (χ4n) is 3.19. The zero-order valence-electron chi connectivity index (χ0n) is 13.9. The predicted molar refractivity (Wildman–Crippen MR) is 88.0 cm³/mol. The molecule has 0 spiro atoms. The van der Waals surface area contributed by atoms with Gasteiger partial charge in [-0.1, -0.05) is 29.4 Å². The van der Waals surface area contributed by atoms with Gasteiger partial charge in [-0.3, -0.25) is 4.90 Å². The lowest BCUT2D eigenvalue weighted by Gasteiger charge is -2.32. The number of likely N-dealkylation sites (tertiary alicyclic amines) is 1. The molecule has 0 saturated carbocycles. The highest BCUT2D eigenvalue weighted by atomic mass is 16.5. The molecule has 2 heterocycles. The Kier molecular flexibility index (Phi) is 5.08. The van der Waals surface area contributed by atoms with Crippen molar-refractivity contribution in [2.75, 3.05) is 13.1 Å². The number of piperidine rings is 1. The minimum absolute atomic E-state index is 0.207. The summed E-state index contributed by atoms with van der Waals surface area (Å²) in [7, 11) is 0. The average Bonchev–Trinajstić information content (AvgIpc) is 2.97. The van der Waals surface area contributed by atoms with E-state index in [-0.39, 0.29) is 6.10 Å². The van der Waals surface area contributed by atoms with E-state index >= 15 is 0 Å². The van der Waals surface area contributed by atoms with Crippen LogP contribution in [0.5, 0.6) is 0 Å². The van der Waals surface area contributed by atoms with Crippen LogP contribution in [0.15, 0.2) is 28.8 Å². The first-order chi connectivity index (χ1) is 11.1. The molecule has 23 heavy (non-hydrogen) atoms. The van der Waals surface area contributed by atoms with Crippen LogP contribution in [0.1, 0.15) is 42.6 Å². The molecule has 1 saturated heterocycles. The van der Waals surface area contributed by atoms with Gasteiger partial charge in [-0.25, -0.2) is 0 Å². The summed E-state index contributed by atoms with van der Waals surface area (Å²) in [6.45, 7) is 6.64. The molecule has 0 amide bonds. The van der Waals surface area contributed by atoms with Crippen LogP contribution in [0.4, 0.5) is 0 Å². The summed E-state index contributed by atoms with van der Waals surface area (Å²) in [6, 6.07) is 8.28. The smallest absolute Gasteiger partial charge is 0.240 e. The topological polar surface area (TPSA) is 62.4 Å². The Morgan fingerprint density at radius 2 is 2.04 bits per heavy atom. The normalized spacial score (nSPS) is 18.2. The maximum Gasteiger partial charge on any atom is 0.240 e. The molecule has 1 aliphatic heterocycles. The Morgan fingerprint density at radius 3 is 2.74 bits per heavy atom. The maximum absolute atomic E-state index is 9.66. The van der Waals surface area contributed by atoms with Crippen molar-refractivity contribution in [1.82, 2.24) is 15.0 Å². The third-order valence-electron chi connectivity index (χ3n) is 4.79. The van der Waals surface area contributed by atoms with Gasteiger partial charge < -0.3 is 9.63 Å². The average molecular weight is 315 g/mol. The van der Waals surface area contributed by atoms with E-state index in [1.54, 1.807) is 0 Å². The van der Waals surface area contributed by atoms with Gasteiger partial charge in [0, 0.05) is 6.42 Å². The van der Waals surface area contributed by atoms with Gasteiger partial charge in [0.25, 0.3) is 0 Å². The zero-order chi connectivity index (χ0) is 16.2. The van der Waals surface area contributed by atoms with Gasteiger partial charge in [0.15, 0.2) is 5.82 Å². The molecule has 124 valence electrons. The van der Waals surface area contributed by atoms with Crippen LogP contribution in [0.3, 0.4) is 0 Å². The van der Waals surface area contributed by atoms with Crippen LogP contribution >= 0.6 is 0 Å². The van der Waals surface area contributed by atoms with E-state index in [2.05, 4.69) is 34.1 Å². The molecule has 3 rings (SSSR count). The second-order valence-corrected chi connectivity index (χ2v) is 6.56. The molecule has 1 atom stereocenters. The van der Waals surface area contributed by atoms with Crippen LogP contribution in [0.25, 0.3) is 0 Å². The molecule has 5 heteroatoms. The van der Waals surface area contributed by atoms with Crippen molar-refractivity contribution in [3.63, 3.8) is 0 Å². The largest absolute Gasteiger partial charge is 0.393 e. The summed E-state index contributed by atoms with van der Waals surface area (Å²) >= 11 is 0. The summed E-state index contributed by atoms with van der Waals surface area (Å²) in [5, 5.41) is 13.8. The molecule has 5 nitrogen and oxygen atoms in total. The number of aryl methyl sites for hydroxylation is 1. The fourth-order valence-corrected chi connectivity index (χ4v) is 3.19. The zero-order valence-corrected chi connectivity index (χ0v) is 13.9. The van der Waals surface area contributed by atoms with Crippen molar-refractivity contribution in [1.29, 1.82) is 0 Å². The minimum atomic E-state index is -0.207. The molecule has 1 N–H and O–H groups in total. The second-order valence-electron chi connectivity index (χ2n) is 6.56. The monoisotopic (exact) mass is 315 g/mol. The van der Waals surface area contributed by atoms with Crippen molar-refractivity contribution in [2.45, 2.75) is 45.8 Å². The summed E-state index contributed by atoms with van der Waals surface area (Å²) in [6.07, 6.45) is 2.56. The highest BCUT2D eigenvalue weighted by Gasteiger charge is 2.23. The minimum Gasteiger partial charge on any atom is -0.393 e. The Balaban J connectivity index is 1.55. The summed E-state index contributed by atoms with van der Waals surface area (Å²) in [5.41, 5.74) is 2.48. The van der Waals surface area contributed by atoms with Gasteiger partial charge in [0.2, 0.25) is 5.89 Å². The SMILES string of the molecule is Cc1ccccc1Cc1noc(CN2CCC(C(C)O)CC2)n1. The summed E-state index contributed by atoms with van der Waals surface area (Å²) in [4.78, 5) is 6.85. The van der Waals surface area contributed by atoms with E-state index in [0.29, 0.717) is 24.8 Å². The standard InChI is InChI=1S/C18H25N3O2/c1-13-5-3-4-6-16(13)11-17-19-18(23-20-17)12-21-9-7-15(8-10-21)14(2)22/h3-6,14-15,22H,7-12H2,1-2H3. The highest BCUT2D eigenvalue weighted by molar-refractivity contribution is 5.27. The molecule has 1 unspecified atom stereocenters. The Morgan fingerprint density at radius 1 is 1.30 bits per heavy atom. The van der Waals surface area contributed by atoms with E-state index in [0.717, 1.165) is 31.8 Å². The van der Waals surface area contributed by atoms with Crippen molar-refractivity contribution in [3.05, 3.63) is 47.1 Å². The first-order valence-corrected chi connectivity index (χ1v) is 8.38. The van der Waals surface area contributed by atoms with Crippen molar-refractivity contribution in [2.24, 2.45) is 5.92 Å². The van der Waals surface area contributed by atoms with E-state index in [9.17, 15) is 5.11 Å². The Bertz CT molecular complexity index is 631. The first-order valence-electron chi connectivity index (χ1n) is 8.38. The molecule has 1 fully saturated rings. The third kappa shape index (κ3) is 4.18. The summed E-state index contributed by atoms with van der Waals surface area (Å²) in [5.74, 6) is 1.85. The second kappa shape index (κ2) is 7.23. The Labute approximate surface area is 137 Å². The molecular formula is C18H25N3O2. The highest BCUT2D eigenvalue weighted by Crippen LogP contribution is 2.21. The number of aliphatic hydroxyl groups is 1. The third-order valence-corrected chi connectivity index (χ3v) is 4.79. The molecular weight excluding hydrogens is 290 g/mol. The number of aromatic nitrogens is 2. The van der Waals surface area contributed by atoms with Gasteiger partial charge in [-0.15, -0.1) is 0 Å². The van der Waals surface area contributed by atoms with E-state index < -0.39 is 0 Å². The van der Waals surface area contributed by atoms with Gasteiger partial charge in [-0.05, 0) is 56.8 Å². The lowest BCUT2D eigenvalue weighted by atomic mass is 9.92. The lowest BCUT2D eigenvalue weighted by molar-refractivity contribution is 0.0660. The van der Waals surface area contributed by atoms with Crippen LogP contribution in [-0.2, 0) is 13.0 Å². The van der Waals surface area contributed by atoms with Gasteiger partial charge in [0.1, 0.15) is 0 Å². The maximum atomic E-state index is 9.66. The van der Waals surface area contributed by atoms with Crippen molar-refractivity contribution in [3.8, 4) is 0 Å². The molecule has 1 aliphatic rings. The number of hydrogen-bond acceptors (Lipinski definition) is 5. The van der Waals surface area contributed by atoms with E-state index in [1.807, 2.05) is 19.1 Å². The van der Waals surface area contributed by atoms with Gasteiger partial charge in [-0.2, -0.15) is 4.98 Å². The van der Waals surface area contributed by atoms with E-state index in [4.69, 9.17) is 4.52 Å². The molecule has 2 aromatic rings. The molecule has 0 radical (unpaired) electrons. The van der Waals surface area contributed by atoms with Crippen LogP contribution < -0.4 is 0 Å². The van der Waals surface area contributed by atoms with E-state index in [1.165, 1.54) is 11.1 Å². The van der Waals surface area contributed by atoms with Gasteiger partial charge in [0.05, 0.1) is 12.6 Å². The van der Waals surface area contributed by atoms with Crippen LogP contribution in [0.2, 0.25) is 0 Å². The number of rotatable bonds is 5. The van der Waals surface area contributed by atoms with Crippen molar-refractivity contribution >= 4 is 0 Å².